The van der Waals surface area contributed by atoms with E-state index in [1.54, 1.807) is 6.07 Å². The molecule has 0 saturated carbocycles. The average molecular weight is 569 g/mol. The summed E-state index contributed by atoms with van der Waals surface area (Å²) in [4.78, 5) is 0. The highest BCUT2D eigenvalue weighted by molar-refractivity contribution is 5.84. The fourth-order valence-corrected chi connectivity index (χ4v) is 5.08. The molecule has 0 radical (unpaired) electrons. The number of hydrogen-bond acceptors (Lipinski definition) is 1. The number of ether oxygens (including phenoxy) is 1. The van der Waals surface area contributed by atoms with Crippen LogP contribution in [-0.2, 0) is 32.1 Å². The molecule has 0 N–H and O–H groups in total. The Hall–Kier alpha value is -3.41. The van der Waals surface area contributed by atoms with Gasteiger partial charge in [-0.2, -0.15) is 13.2 Å². The first kappa shape index (κ1) is 30.5. The molecule has 41 heavy (non-hydrogen) atoms. The summed E-state index contributed by atoms with van der Waals surface area (Å²) in [5, 5.41) is 1.37. The maximum atomic E-state index is 15.3. The molecule has 0 atom stereocenters. The van der Waals surface area contributed by atoms with Crippen molar-refractivity contribution in [2.24, 2.45) is 0 Å². The number of hydrogen-bond donors (Lipinski definition) is 0. The van der Waals surface area contributed by atoms with Gasteiger partial charge >= 0.3 is 6.18 Å². The molecule has 218 valence electrons. The highest BCUT2D eigenvalue weighted by Crippen LogP contribution is 2.26. The number of unbranched alkanes of at least 4 members (excludes halogenated alkanes) is 4. The smallest absolute Gasteiger partial charge is 0.422 e. The maximum absolute atomic E-state index is 15.3. The molecule has 0 amide bonds. The summed E-state index contributed by atoms with van der Waals surface area (Å²) in [5.74, 6) is -1.62. The molecule has 0 aliphatic heterocycles. The van der Waals surface area contributed by atoms with Crippen LogP contribution in [0, 0.1) is 11.6 Å². The van der Waals surface area contributed by atoms with Crippen LogP contribution in [0.25, 0.3) is 10.8 Å². The largest absolute Gasteiger partial charge is 0.481 e. The van der Waals surface area contributed by atoms with E-state index in [0.717, 1.165) is 36.3 Å². The molecule has 0 fully saturated rings. The fraction of sp³-hybridized carbons (Fsp3) is 0.371. The van der Waals surface area contributed by atoms with E-state index in [1.165, 1.54) is 55.4 Å². The van der Waals surface area contributed by atoms with Crippen molar-refractivity contribution in [3.05, 3.63) is 112 Å². The molecule has 4 aromatic carbocycles. The van der Waals surface area contributed by atoms with E-state index in [9.17, 15) is 17.6 Å². The molecule has 4 aromatic rings. The van der Waals surface area contributed by atoms with Crippen LogP contribution >= 0.6 is 0 Å². The number of alkyl halides is 3. The lowest BCUT2D eigenvalue weighted by atomic mass is 9.97. The van der Waals surface area contributed by atoms with Crippen molar-refractivity contribution >= 4 is 10.8 Å². The zero-order chi connectivity index (χ0) is 29.2. The van der Waals surface area contributed by atoms with E-state index in [1.807, 2.05) is 24.3 Å². The molecule has 6 heteroatoms. The van der Waals surface area contributed by atoms with Crippen molar-refractivity contribution in [3.63, 3.8) is 0 Å². The van der Waals surface area contributed by atoms with Gasteiger partial charge in [-0.05, 0) is 83.9 Å². The van der Waals surface area contributed by atoms with Crippen LogP contribution in [0.5, 0.6) is 5.75 Å². The Kier molecular flexibility index (Phi) is 10.8. The summed E-state index contributed by atoms with van der Waals surface area (Å²) in [6.07, 6.45) is 5.47. The lowest BCUT2D eigenvalue weighted by Gasteiger charge is -2.11. The molecule has 0 aliphatic rings. The first-order valence-electron chi connectivity index (χ1n) is 14.5. The molecular weight excluding hydrogens is 531 g/mol. The average Bonchev–Trinajstić information content (AvgIpc) is 2.95. The molecule has 0 spiro atoms. The van der Waals surface area contributed by atoms with Gasteiger partial charge in [-0.15, -0.1) is 0 Å². The number of benzene rings is 4. The van der Waals surface area contributed by atoms with Crippen molar-refractivity contribution < 1.29 is 26.7 Å². The third-order valence-corrected chi connectivity index (χ3v) is 7.46. The molecule has 0 bridgehead atoms. The quantitative estimate of drug-likeness (QED) is 0.109. The first-order chi connectivity index (χ1) is 19.7. The number of rotatable bonds is 14. The third kappa shape index (κ3) is 9.31. The molecule has 0 saturated heterocycles. The van der Waals surface area contributed by atoms with Crippen LogP contribution in [0.1, 0.15) is 66.8 Å². The standard InChI is InChI=1S/C35H37F5O/c1-2-3-4-5-6-7-25-8-10-26(11-9-25)12-13-27-15-20-31-30(22-27)19-18-29(34(31)37)17-14-28-16-21-33(32(36)23-28)41-24-35(38,39)40/h8-11,15-16,18-23H,2-7,12-14,17,24H2,1H3. The third-order valence-electron chi connectivity index (χ3n) is 7.46. The van der Waals surface area contributed by atoms with E-state index in [0.29, 0.717) is 29.4 Å². The summed E-state index contributed by atoms with van der Waals surface area (Å²) < 4.78 is 71.0. The van der Waals surface area contributed by atoms with Crippen LogP contribution in [0.4, 0.5) is 22.0 Å². The van der Waals surface area contributed by atoms with Crippen molar-refractivity contribution in [1.82, 2.24) is 0 Å². The van der Waals surface area contributed by atoms with E-state index in [4.69, 9.17) is 0 Å². The van der Waals surface area contributed by atoms with Crippen LogP contribution < -0.4 is 4.74 Å². The summed E-state index contributed by atoms with van der Waals surface area (Å²) >= 11 is 0. The van der Waals surface area contributed by atoms with Crippen LogP contribution in [0.2, 0.25) is 0 Å². The Bertz CT molecular complexity index is 1410. The monoisotopic (exact) mass is 568 g/mol. The van der Waals surface area contributed by atoms with Gasteiger partial charge < -0.3 is 4.74 Å². The molecule has 0 heterocycles. The molecule has 1 nitrogen and oxygen atoms in total. The van der Waals surface area contributed by atoms with Crippen molar-refractivity contribution in [3.8, 4) is 5.75 Å². The Morgan fingerprint density at radius 1 is 0.610 bits per heavy atom. The minimum atomic E-state index is -4.54. The van der Waals surface area contributed by atoms with Crippen molar-refractivity contribution in [1.29, 1.82) is 0 Å². The lowest BCUT2D eigenvalue weighted by Crippen LogP contribution is -2.19. The highest BCUT2D eigenvalue weighted by Gasteiger charge is 2.29. The van der Waals surface area contributed by atoms with E-state index >= 15 is 4.39 Å². The summed E-state index contributed by atoms with van der Waals surface area (Å²) in [7, 11) is 0. The minimum absolute atomic E-state index is 0.301. The zero-order valence-electron chi connectivity index (χ0n) is 23.5. The number of halogens is 5. The molecule has 0 unspecified atom stereocenters. The molecule has 4 rings (SSSR count). The summed E-state index contributed by atoms with van der Waals surface area (Å²) in [6, 6.07) is 22.2. The van der Waals surface area contributed by atoms with Gasteiger partial charge in [0.1, 0.15) is 5.82 Å². The minimum Gasteiger partial charge on any atom is -0.481 e. The predicted molar refractivity (Wildman–Crippen MR) is 156 cm³/mol. The Morgan fingerprint density at radius 2 is 1.22 bits per heavy atom. The zero-order valence-corrected chi connectivity index (χ0v) is 23.5. The van der Waals surface area contributed by atoms with Gasteiger partial charge in [-0.3, -0.25) is 0 Å². The Balaban J connectivity index is 1.31. The van der Waals surface area contributed by atoms with Crippen molar-refractivity contribution in [2.75, 3.05) is 6.61 Å². The summed E-state index contributed by atoms with van der Waals surface area (Å²) in [6.45, 7) is 0.677. The fourth-order valence-electron chi connectivity index (χ4n) is 5.08. The van der Waals surface area contributed by atoms with Gasteiger partial charge in [0.05, 0.1) is 0 Å². The van der Waals surface area contributed by atoms with Crippen LogP contribution in [0.15, 0.2) is 72.8 Å². The van der Waals surface area contributed by atoms with Gasteiger partial charge in [0.15, 0.2) is 18.2 Å². The van der Waals surface area contributed by atoms with E-state index in [2.05, 4.69) is 35.9 Å². The maximum Gasteiger partial charge on any atom is 0.422 e. The Morgan fingerprint density at radius 3 is 1.93 bits per heavy atom. The lowest BCUT2D eigenvalue weighted by molar-refractivity contribution is -0.153. The Labute approximate surface area is 239 Å². The second-order valence-corrected chi connectivity index (χ2v) is 10.7. The SMILES string of the molecule is CCCCCCCc1ccc(CCc2ccc3c(F)c(CCc4ccc(OCC(F)(F)F)c(F)c4)ccc3c2)cc1. The topological polar surface area (TPSA) is 9.23 Å². The van der Waals surface area contributed by atoms with E-state index < -0.39 is 24.3 Å². The summed E-state index contributed by atoms with van der Waals surface area (Å²) in [5.41, 5.74) is 4.88. The van der Waals surface area contributed by atoms with Gasteiger partial charge in [0.2, 0.25) is 0 Å². The normalized spacial score (nSPS) is 11.8. The highest BCUT2D eigenvalue weighted by atomic mass is 19.4. The number of aryl methyl sites for hydroxylation is 5. The first-order valence-corrected chi connectivity index (χ1v) is 14.5. The van der Waals surface area contributed by atoms with Crippen LogP contribution in [-0.4, -0.2) is 12.8 Å². The molecular formula is C35H37F5O. The van der Waals surface area contributed by atoms with Gasteiger partial charge in [-0.1, -0.05) is 93.3 Å². The number of fused-ring (bicyclic) bond motifs is 1. The van der Waals surface area contributed by atoms with E-state index in [-0.39, 0.29) is 5.82 Å². The van der Waals surface area contributed by atoms with Gasteiger partial charge in [-0.25, -0.2) is 8.78 Å². The molecule has 0 aliphatic carbocycles. The second-order valence-electron chi connectivity index (χ2n) is 10.7. The van der Waals surface area contributed by atoms with Crippen molar-refractivity contribution in [2.45, 2.75) is 77.3 Å². The second kappa shape index (κ2) is 14.5. The van der Waals surface area contributed by atoms with Gasteiger partial charge in [0, 0.05) is 5.39 Å². The van der Waals surface area contributed by atoms with Crippen LogP contribution in [0.3, 0.4) is 0 Å². The van der Waals surface area contributed by atoms with Gasteiger partial charge in [0.25, 0.3) is 0 Å². The predicted octanol–water partition coefficient (Wildman–Crippen LogP) is 10.1. The molecule has 0 aromatic heterocycles.